The number of halogens is 4. The third kappa shape index (κ3) is 4.30. The van der Waals surface area contributed by atoms with E-state index in [0.717, 1.165) is 0 Å². The summed E-state index contributed by atoms with van der Waals surface area (Å²) < 4.78 is 63.8. The zero-order valence-corrected chi connectivity index (χ0v) is 11.7. The van der Waals surface area contributed by atoms with Crippen LogP contribution in [0.25, 0.3) is 0 Å². The number of carboxylic acid groups (broad SMARTS) is 1. The first-order chi connectivity index (χ1) is 9.50. The van der Waals surface area contributed by atoms with E-state index in [2.05, 4.69) is 0 Å². The second-order valence-corrected chi connectivity index (χ2v) is 6.06. The van der Waals surface area contributed by atoms with E-state index in [-0.39, 0.29) is 0 Å². The summed E-state index contributed by atoms with van der Waals surface area (Å²) in [6.07, 6.45) is 0. The molecule has 1 aromatic rings. The van der Waals surface area contributed by atoms with Crippen LogP contribution in [0.15, 0.2) is 17.0 Å². The van der Waals surface area contributed by atoms with Gasteiger partial charge in [0.15, 0.2) is 0 Å². The Bertz CT molecular complexity index is 665. The first-order valence-electron chi connectivity index (χ1n) is 5.21. The van der Waals surface area contributed by atoms with E-state index in [1.807, 2.05) is 0 Å². The molecule has 3 N–H and O–H groups in total. The van der Waals surface area contributed by atoms with Crippen LogP contribution in [0.4, 0.5) is 13.2 Å². The lowest BCUT2D eigenvalue weighted by atomic mass is 10.2. The number of carbonyl (C=O) groups is 1. The van der Waals surface area contributed by atoms with Crippen LogP contribution in [-0.2, 0) is 10.0 Å². The summed E-state index contributed by atoms with van der Waals surface area (Å²) >= 11 is 5.36. The number of aromatic carboxylic acids is 1. The fraction of sp³-hybridized carbons (Fsp3) is 0.300. The largest absolute Gasteiger partial charge is 0.478 e. The number of nitrogens with one attached hydrogen (secondary N) is 1. The zero-order chi connectivity index (χ0) is 16.4. The van der Waals surface area contributed by atoms with E-state index in [0.29, 0.717) is 12.1 Å². The van der Waals surface area contributed by atoms with Crippen LogP contribution in [0.2, 0.25) is 5.02 Å². The molecule has 118 valence electrons. The maximum Gasteiger partial charge on any atom is 0.337 e. The lowest BCUT2D eigenvalue weighted by Gasteiger charge is -2.14. The van der Waals surface area contributed by atoms with Crippen LogP contribution in [0.5, 0.6) is 0 Å². The molecule has 0 atom stereocenters. The summed E-state index contributed by atoms with van der Waals surface area (Å²) in [5, 5.41) is 16.3. The minimum absolute atomic E-state index is 0.397. The molecule has 0 fully saturated rings. The molecule has 0 aromatic heterocycles. The van der Waals surface area contributed by atoms with E-state index in [9.17, 15) is 26.4 Å². The van der Waals surface area contributed by atoms with E-state index in [1.54, 1.807) is 0 Å². The minimum atomic E-state index is -4.60. The molecule has 0 amide bonds. The molecule has 11 heteroatoms. The highest BCUT2D eigenvalue weighted by molar-refractivity contribution is 7.89. The Morgan fingerprint density at radius 1 is 1.38 bits per heavy atom. The number of alkyl halides is 2. The molecular weight excluding hydrogens is 339 g/mol. The molecule has 21 heavy (non-hydrogen) atoms. The van der Waals surface area contributed by atoms with Gasteiger partial charge in [0.25, 0.3) is 5.92 Å². The van der Waals surface area contributed by atoms with Gasteiger partial charge < -0.3 is 10.2 Å². The Kier molecular flexibility index (Phi) is 5.20. The summed E-state index contributed by atoms with van der Waals surface area (Å²) in [5.74, 6) is -6.73. The third-order valence-electron chi connectivity index (χ3n) is 2.29. The average Bonchev–Trinajstić information content (AvgIpc) is 2.39. The molecule has 0 aliphatic carbocycles. The number of carboxylic acids is 1. The average molecular weight is 348 g/mol. The summed E-state index contributed by atoms with van der Waals surface area (Å²) in [6.45, 7) is -3.02. The zero-order valence-electron chi connectivity index (χ0n) is 10.1. The third-order valence-corrected chi connectivity index (χ3v) is 4.06. The van der Waals surface area contributed by atoms with Gasteiger partial charge in [0, 0.05) is 0 Å². The molecule has 0 unspecified atom stereocenters. The van der Waals surface area contributed by atoms with Crippen molar-refractivity contribution in [3.05, 3.63) is 28.5 Å². The predicted octanol–water partition coefficient (Wildman–Crippen LogP) is 1.08. The van der Waals surface area contributed by atoms with Gasteiger partial charge in [-0.3, -0.25) is 0 Å². The highest BCUT2D eigenvalue weighted by atomic mass is 35.5. The van der Waals surface area contributed by atoms with Crippen molar-refractivity contribution in [3.63, 3.8) is 0 Å². The molecule has 0 saturated carbocycles. The molecule has 0 aliphatic rings. The van der Waals surface area contributed by atoms with Gasteiger partial charge >= 0.3 is 5.97 Å². The Labute approximate surface area is 122 Å². The van der Waals surface area contributed by atoms with Crippen LogP contribution >= 0.6 is 11.6 Å². The summed E-state index contributed by atoms with van der Waals surface area (Å²) in [5.41, 5.74) is -0.828. The summed E-state index contributed by atoms with van der Waals surface area (Å²) in [7, 11) is -4.60. The maximum atomic E-state index is 13.4. The second-order valence-electron chi connectivity index (χ2n) is 3.91. The van der Waals surface area contributed by atoms with Crippen LogP contribution < -0.4 is 4.72 Å². The standard InChI is InChI=1S/C10H9ClF3NO5S/c11-8-6(9(17)18)1-5(2-7(8)12)21(19,20)15-3-10(13,14)4-16/h1-2,15-16H,3-4H2,(H,17,18). The van der Waals surface area contributed by atoms with Crippen molar-refractivity contribution < 1.29 is 36.6 Å². The topological polar surface area (TPSA) is 104 Å². The van der Waals surface area contributed by atoms with Crippen molar-refractivity contribution in [2.75, 3.05) is 13.2 Å². The first-order valence-corrected chi connectivity index (χ1v) is 7.07. The molecule has 0 bridgehead atoms. The lowest BCUT2D eigenvalue weighted by molar-refractivity contribution is -0.0437. The van der Waals surface area contributed by atoms with Gasteiger partial charge in [-0.1, -0.05) is 11.6 Å². The van der Waals surface area contributed by atoms with Crippen LogP contribution in [-0.4, -0.2) is 43.7 Å². The van der Waals surface area contributed by atoms with Gasteiger partial charge in [-0.2, -0.15) is 0 Å². The van der Waals surface area contributed by atoms with Crippen molar-refractivity contribution in [2.45, 2.75) is 10.8 Å². The number of sulfonamides is 1. The molecule has 1 aromatic carbocycles. The van der Waals surface area contributed by atoms with E-state index < -0.39 is 56.4 Å². The van der Waals surface area contributed by atoms with E-state index in [4.69, 9.17) is 21.8 Å². The highest BCUT2D eigenvalue weighted by Crippen LogP contribution is 2.24. The van der Waals surface area contributed by atoms with Gasteiger partial charge in [-0.15, -0.1) is 0 Å². The van der Waals surface area contributed by atoms with Crippen molar-refractivity contribution in [2.24, 2.45) is 0 Å². The number of rotatable bonds is 6. The van der Waals surface area contributed by atoms with Gasteiger partial charge in [0.1, 0.15) is 12.4 Å². The van der Waals surface area contributed by atoms with Crippen molar-refractivity contribution >= 4 is 27.6 Å². The first kappa shape index (κ1) is 17.7. The van der Waals surface area contributed by atoms with Crippen LogP contribution in [0.3, 0.4) is 0 Å². The van der Waals surface area contributed by atoms with Crippen LogP contribution in [0.1, 0.15) is 10.4 Å². The molecule has 0 heterocycles. The quantitative estimate of drug-likeness (QED) is 0.714. The fourth-order valence-corrected chi connectivity index (χ4v) is 2.50. The van der Waals surface area contributed by atoms with Crippen molar-refractivity contribution in [1.82, 2.24) is 4.72 Å². The molecule has 0 radical (unpaired) electrons. The monoisotopic (exact) mass is 347 g/mol. The molecular formula is C10H9ClF3NO5S. The minimum Gasteiger partial charge on any atom is -0.478 e. The van der Waals surface area contributed by atoms with Crippen LogP contribution in [0, 0.1) is 5.82 Å². The normalized spacial score (nSPS) is 12.4. The Balaban J connectivity index is 3.18. The van der Waals surface area contributed by atoms with Gasteiger partial charge in [-0.25, -0.2) is 31.1 Å². The fourth-order valence-electron chi connectivity index (χ4n) is 1.21. The number of aliphatic hydroxyl groups excluding tert-OH is 1. The van der Waals surface area contributed by atoms with Gasteiger partial charge in [-0.05, 0) is 12.1 Å². The number of hydrogen-bond acceptors (Lipinski definition) is 4. The molecule has 0 aliphatic heterocycles. The second kappa shape index (κ2) is 6.18. The summed E-state index contributed by atoms with van der Waals surface area (Å²) in [6, 6.07) is 0.932. The maximum absolute atomic E-state index is 13.4. The van der Waals surface area contributed by atoms with Gasteiger partial charge in [0.05, 0.1) is 22.0 Å². The Morgan fingerprint density at radius 2 is 1.95 bits per heavy atom. The smallest absolute Gasteiger partial charge is 0.337 e. The van der Waals surface area contributed by atoms with E-state index in [1.165, 1.54) is 4.72 Å². The van der Waals surface area contributed by atoms with Crippen molar-refractivity contribution in [1.29, 1.82) is 0 Å². The molecule has 6 nitrogen and oxygen atoms in total. The highest BCUT2D eigenvalue weighted by Gasteiger charge is 2.31. The number of benzene rings is 1. The van der Waals surface area contributed by atoms with Crippen molar-refractivity contribution in [3.8, 4) is 0 Å². The Hall–Kier alpha value is -1.36. The molecule has 0 spiro atoms. The lowest BCUT2D eigenvalue weighted by Crippen LogP contribution is -2.39. The van der Waals surface area contributed by atoms with E-state index >= 15 is 0 Å². The Morgan fingerprint density at radius 3 is 2.43 bits per heavy atom. The molecule has 0 saturated heterocycles. The number of aliphatic hydroxyl groups is 1. The predicted molar refractivity (Wildman–Crippen MR) is 65.6 cm³/mol. The SMILES string of the molecule is O=C(O)c1cc(S(=O)(=O)NCC(F)(F)CO)cc(F)c1Cl. The van der Waals surface area contributed by atoms with Gasteiger partial charge in [0.2, 0.25) is 10.0 Å². The number of hydrogen-bond donors (Lipinski definition) is 3. The summed E-state index contributed by atoms with van der Waals surface area (Å²) in [4.78, 5) is 9.92. The molecule has 1 rings (SSSR count).